The second-order valence-corrected chi connectivity index (χ2v) is 7.16. The second-order valence-electron chi connectivity index (χ2n) is 6.24. The molecule has 1 aromatic rings. The predicted octanol–water partition coefficient (Wildman–Crippen LogP) is 5.26. The van der Waals surface area contributed by atoms with Crippen molar-refractivity contribution in [1.29, 1.82) is 0 Å². The first-order valence-electron chi connectivity index (χ1n) is 7.50. The Morgan fingerprint density at radius 1 is 1.14 bits per heavy atom. The van der Waals surface area contributed by atoms with Gasteiger partial charge in [-0.05, 0) is 36.8 Å². The molecule has 0 unspecified atom stereocenters. The van der Waals surface area contributed by atoms with Crippen LogP contribution in [-0.2, 0) is 0 Å². The van der Waals surface area contributed by atoms with Gasteiger partial charge in [-0.15, -0.1) is 0 Å². The van der Waals surface area contributed by atoms with Gasteiger partial charge in [0, 0.05) is 23.6 Å². The van der Waals surface area contributed by atoms with Crippen molar-refractivity contribution in [2.75, 3.05) is 18.0 Å². The number of nitrogens with zero attached hydrogens (tertiary/aromatic N) is 2. The summed E-state index contributed by atoms with van der Waals surface area (Å²) >= 11 is 3.32. The molecular weight excluding hydrogens is 332 g/mol. The first-order chi connectivity index (χ1) is 9.81. The van der Waals surface area contributed by atoms with Crippen LogP contribution in [0.15, 0.2) is 22.7 Å². The van der Waals surface area contributed by atoms with Crippen LogP contribution in [0.2, 0.25) is 0 Å². The third kappa shape index (κ3) is 6.04. The molecule has 5 heteroatoms. The molecule has 0 fully saturated rings. The molecule has 118 valence electrons. The average Bonchev–Trinajstić information content (AvgIpc) is 2.38. The van der Waals surface area contributed by atoms with Gasteiger partial charge in [0.25, 0.3) is 5.69 Å². The van der Waals surface area contributed by atoms with Crippen molar-refractivity contribution in [1.82, 2.24) is 0 Å². The molecular formula is C16H25BrN2O2. The third-order valence-corrected chi connectivity index (χ3v) is 3.92. The van der Waals surface area contributed by atoms with Crippen LogP contribution in [0.5, 0.6) is 0 Å². The fraction of sp³-hybridized carbons (Fsp3) is 0.625. The van der Waals surface area contributed by atoms with Crippen LogP contribution >= 0.6 is 15.9 Å². The van der Waals surface area contributed by atoms with Crippen molar-refractivity contribution in [3.8, 4) is 0 Å². The zero-order chi connectivity index (χ0) is 16.0. The van der Waals surface area contributed by atoms with Crippen molar-refractivity contribution in [2.24, 2.45) is 11.8 Å². The maximum absolute atomic E-state index is 11.3. The normalized spacial score (nSPS) is 11.2. The molecule has 0 amide bonds. The maximum Gasteiger partial charge on any atom is 0.293 e. The van der Waals surface area contributed by atoms with Gasteiger partial charge in [-0.2, -0.15) is 0 Å². The fourth-order valence-electron chi connectivity index (χ4n) is 2.09. The molecule has 0 bridgehead atoms. The first-order valence-corrected chi connectivity index (χ1v) is 8.29. The number of nitro benzene ring substituents is 1. The summed E-state index contributed by atoms with van der Waals surface area (Å²) in [7, 11) is 0. The van der Waals surface area contributed by atoms with E-state index in [0.717, 1.165) is 36.1 Å². The van der Waals surface area contributed by atoms with Gasteiger partial charge >= 0.3 is 0 Å². The van der Waals surface area contributed by atoms with Crippen molar-refractivity contribution in [2.45, 2.75) is 40.5 Å². The Kier molecular flexibility index (Phi) is 7.15. The Balaban J connectivity index is 3.02. The third-order valence-electron chi connectivity index (χ3n) is 3.43. The molecule has 0 spiro atoms. The number of rotatable bonds is 8. The number of hydrogen-bond donors (Lipinski definition) is 0. The molecule has 0 saturated carbocycles. The van der Waals surface area contributed by atoms with Crippen LogP contribution in [0.25, 0.3) is 0 Å². The Morgan fingerprint density at radius 3 is 2.10 bits per heavy atom. The van der Waals surface area contributed by atoms with E-state index < -0.39 is 0 Å². The zero-order valence-electron chi connectivity index (χ0n) is 13.3. The molecule has 0 heterocycles. The fourth-order valence-corrected chi connectivity index (χ4v) is 2.44. The van der Waals surface area contributed by atoms with Crippen LogP contribution in [0.1, 0.15) is 40.5 Å². The van der Waals surface area contributed by atoms with Gasteiger partial charge in [0.1, 0.15) is 5.69 Å². The molecule has 0 saturated heterocycles. The number of benzene rings is 1. The van der Waals surface area contributed by atoms with Gasteiger partial charge in [-0.1, -0.05) is 43.6 Å². The largest absolute Gasteiger partial charge is 0.366 e. The van der Waals surface area contributed by atoms with Crippen molar-refractivity contribution >= 4 is 27.3 Å². The quantitative estimate of drug-likeness (QED) is 0.471. The van der Waals surface area contributed by atoms with E-state index >= 15 is 0 Å². The lowest BCUT2D eigenvalue weighted by Gasteiger charge is -2.26. The molecule has 0 N–H and O–H groups in total. The Hall–Kier alpha value is -1.10. The lowest BCUT2D eigenvalue weighted by Crippen LogP contribution is -2.28. The molecule has 0 aromatic heterocycles. The molecule has 0 aliphatic heterocycles. The number of anilines is 1. The van der Waals surface area contributed by atoms with E-state index in [2.05, 4.69) is 48.5 Å². The van der Waals surface area contributed by atoms with Gasteiger partial charge in [-0.25, -0.2) is 0 Å². The highest BCUT2D eigenvalue weighted by molar-refractivity contribution is 9.10. The maximum atomic E-state index is 11.3. The average molecular weight is 357 g/mol. The van der Waals surface area contributed by atoms with Crippen LogP contribution in [0, 0.1) is 22.0 Å². The van der Waals surface area contributed by atoms with E-state index in [9.17, 15) is 10.1 Å². The summed E-state index contributed by atoms with van der Waals surface area (Å²) in [5.74, 6) is 1.17. The van der Waals surface area contributed by atoms with Gasteiger partial charge in [0.2, 0.25) is 0 Å². The molecule has 0 aliphatic rings. The van der Waals surface area contributed by atoms with E-state index in [-0.39, 0.29) is 10.6 Å². The lowest BCUT2D eigenvalue weighted by atomic mass is 10.1. The van der Waals surface area contributed by atoms with E-state index in [4.69, 9.17) is 0 Å². The van der Waals surface area contributed by atoms with E-state index in [1.54, 1.807) is 6.07 Å². The Labute approximate surface area is 135 Å². The van der Waals surface area contributed by atoms with Gasteiger partial charge < -0.3 is 4.90 Å². The van der Waals surface area contributed by atoms with Gasteiger partial charge in [0.05, 0.1) is 4.92 Å². The summed E-state index contributed by atoms with van der Waals surface area (Å²) in [6, 6.07) is 5.32. The summed E-state index contributed by atoms with van der Waals surface area (Å²) in [5, 5.41) is 11.3. The summed E-state index contributed by atoms with van der Waals surface area (Å²) in [6.07, 6.45) is 2.07. The summed E-state index contributed by atoms with van der Waals surface area (Å²) in [5.41, 5.74) is 0.904. The smallest absolute Gasteiger partial charge is 0.293 e. The molecule has 0 aliphatic carbocycles. The van der Waals surface area contributed by atoms with Crippen LogP contribution in [-0.4, -0.2) is 18.0 Å². The number of hydrogen-bond acceptors (Lipinski definition) is 3. The minimum absolute atomic E-state index is 0.178. The molecule has 21 heavy (non-hydrogen) atoms. The van der Waals surface area contributed by atoms with Crippen LogP contribution in [0.4, 0.5) is 11.4 Å². The summed E-state index contributed by atoms with van der Waals surface area (Å²) in [6.45, 7) is 10.4. The number of halogens is 1. The Bertz CT molecular complexity index is 463. The molecule has 4 nitrogen and oxygen atoms in total. The molecule has 1 rings (SSSR count). The van der Waals surface area contributed by atoms with Gasteiger partial charge in [0.15, 0.2) is 0 Å². The first kappa shape index (κ1) is 18.0. The van der Waals surface area contributed by atoms with Gasteiger partial charge in [-0.3, -0.25) is 10.1 Å². The Morgan fingerprint density at radius 2 is 1.67 bits per heavy atom. The zero-order valence-corrected chi connectivity index (χ0v) is 14.9. The van der Waals surface area contributed by atoms with E-state index in [1.807, 2.05) is 12.1 Å². The SMILES string of the molecule is CC(C)CCN(CCC(C)C)c1ccc(Br)cc1[N+](=O)[O-]. The minimum Gasteiger partial charge on any atom is -0.366 e. The van der Waals surface area contributed by atoms with Crippen molar-refractivity contribution in [3.63, 3.8) is 0 Å². The molecule has 0 atom stereocenters. The topological polar surface area (TPSA) is 46.4 Å². The summed E-state index contributed by atoms with van der Waals surface area (Å²) < 4.78 is 0.741. The number of nitro groups is 1. The predicted molar refractivity (Wildman–Crippen MR) is 91.9 cm³/mol. The van der Waals surface area contributed by atoms with Crippen LogP contribution in [0.3, 0.4) is 0 Å². The monoisotopic (exact) mass is 356 g/mol. The molecule has 1 aromatic carbocycles. The highest BCUT2D eigenvalue weighted by Gasteiger charge is 2.20. The molecule has 0 radical (unpaired) electrons. The van der Waals surface area contributed by atoms with Crippen molar-refractivity contribution in [3.05, 3.63) is 32.8 Å². The highest BCUT2D eigenvalue weighted by Crippen LogP contribution is 2.32. The van der Waals surface area contributed by atoms with E-state index in [1.165, 1.54) is 0 Å². The van der Waals surface area contributed by atoms with Crippen molar-refractivity contribution < 1.29 is 4.92 Å². The highest BCUT2D eigenvalue weighted by atomic mass is 79.9. The summed E-state index contributed by atoms with van der Waals surface area (Å²) in [4.78, 5) is 13.2. The van der Waals surface area contributed by atoms with E-state index in [0.29, 0.717) is 11.8 Å². The lowest BCUT2D eigenvalue weighted by molar-refractivity contribution is -0.384. The standard InChI is InChI=1S/C16H25BrN2O2/c1-12(2)7-9-18(10-8-13(3)4)15-6-5-14(17)11-16(15)19(20)21/h5-6,11-13H,7-10H2,1-4H3. The second kappa shape index (κ2) is 8.37. The minimum atomic E-state index is -0.294. The van der Waals surface area contributed by atoms with Crippen LogP contribution < -0.4 is 4.90 Å².